The molecule has 4 heterocycles. The molecule has 0 radical (unpaired) electrons. The van der Waals surface area contributed by atoms with Gasteiger partial charge in [-0.05, 0) is 61.9 Å². The molecule has 2 atom stereocenters. The van der Waals surface area contributed by atoms with Crippen LogP contribution in [0.25, 0.3) is 10.8 Å². The van der Waals surface area contributed by atoms with Gasteiger partial charge in [0, 0.05) is 55.0 Å². The van der Waals surface area contributed by atoms with Crippen LogP contribution in [0.3, 0.4) is 0 Å². The van der Waals surface area contributed by atoms with Gasteiger partial charge in [0.15, 0.2) is 0 Å². The number of nitriles is 1. The van der Waals surface area contributed by atoms with E-state index < -0.39 is 0 Å². The highest BCUT2D eigenvalue weighted by atomic mass is 16.2. The molecular weight excluding hydrogens is 550 g/mol. The minimum absolute atomic E-state index is 0.155. The van der Waals surface area contributed by atoms with Gasteiger partial charge in [-0.25, -0.2) is 4.98 Å². The van der Waals surface area contributed by atoms with Gasteiger partial charge in [0.1, 0.15) is 5.69 Å². The third-order valence-corrected chi connectivity index (χ3v) is 9.73. The molecule has 44 heavy (non-hydrogen) atoms. The molecular formula is C35H41N7O2. The van der Waals surface area contributed by atoms with Gasteiger partial charge in [0.05, 0.1) is 36.3 Å². The highest BCUT2D eigenvalue weighted by Gasteiger charge is 2.36. The Morgan fingerprint density at radius 2 is 2.00 bits per heavy atom. The molecule has 1 unspecified atom stereocenters. The summed E-state index contributed by atoms with van der Waals surface area (Å²) >= 11 is 0. The van der Waals surface area contributed by atoms with E-state index in [0.29, 0.717) is 31.9 Å². The number of carbonyl (C=O) groups excluding carboxylic acids is 2. The number of anilines is 2. The van der Waals surface area contributed by atoms with Gasteiger partial charge in [0.2, 0.25) is 5.91 Å². The number of hydrogen-bond acceptors (Lipinski definition) is 7. The quantitative estimate of drug-likeness (QED) is 0.399. The molecule has 6 rings (SSSR count). The van der Waals surface area contributed by atoms with E-state index in [0.717, 1.165) is 55.8 Å². The van der Waals surface area contributed by atoms with Crippen LogP contribution >= 0.6 is 0 Å². The fourth-order valence-electron chi connectivity index (χ4n) is 7.20. The number of hydrogen-bond donors (Lipinski definition) is 2. The number of amides is 2. The molecule has 3 aliphatic rings. The van der Waals surface area contributed by atoms with Crippen molar-refractivity contribution >= 4 is 34.0 Å². The lowest BCUT2D eigenvalue weighted by Crippen LogP contribution is -2.55. The Labute approximate surface area is 259 Å². The normalized spacial score (nSPS) is 21.6. The molecule has 2 saturated heterocycles. The molecule has 1 aromatic heterocycles. The van der Waals surface area contributed by atoms with Crippen molar-refractivity contribution in [1.82, 2.24) is 20.5 Å². The molecule has 0 saturated carbocycles. The standard InChI is InChI=1S/C35H41N7O2/c1-4-32(43)42-19-18-41(21-26(42)12-15-36)31-20-28(34(44)39-35(5-2)14-16-37-23-35)38-29-22-40(17-13-27(29)31)30-11-7-10-25-9-6-8-24(3)33(25)30/h4,6-11,20,26,37H,1,5,12-14,16-19,21-23H2,2-3H3,(H,39,44)/t26-,35?/m0/s1. The first-order valence-electron chi connectivity index (χ1n) is 15.7. The fraction of sp³-hybridized carbons (Fsp3) is 0.429. The third kappa shape index (κ3) is 5.50. The number of piperazine rings is 1. The number of aromatic nitrogens is 1. The molecule has 0 bridgehead atoms. The highest BCUT2D eigenvalue weighted by Crippen LogP contribution is 2.36. The molecule has 0 aliphatic carbocycles. The molecule has 9 heteroatoms. The average Bonchev–Trinajstić information content (AvgIpc) is 3.52. The maximum Gasteiger partial charge on any atom is 0.270 e. The zero-order valence-corrected chi connectivity index (χ0v) is 25.7. The van der Waals surface area contributed by atoms with Crippen molar-refractivity contribution in [2.45, 2.75) is 57.7 Å². The first kappa shape index (κ1) is 29.6. The minimum Gasteiger partial charge on any atom is -0.367 e. The Morgan fingerprint density at radius 1 is 1.18 bits per heavy atom. The van der Waals surface area contributed by atoms with Crippen LogP contribution in [0.1, 0.15) is 53.5 Å². The van der Waals surface area contributed by atoms with E-state index >= 15 is 0 Å². The molecule has 9 nitrogen and oxygen atoms in total. The van der Waals surface area contributed by atoms with Gasteiger partial charge in [-0.2, -0.15) is 5.26 Å². The molecule has 3 aliphatic heterocycles. The highest BCUT2D eigenvalue weighted by molar-refractivity contribution is 5.97. The second-order valence-electron chi connectivity index (χ2n) is 12.3. The molecule has 0 spiro atoms. The van der Waals surface area contributed by atoms with E-state index in [9.17, 15) is 14.9 Å². The number of nitrogens with zero attached hydrogens (tertiary/aromatic N) is 5. The van der Waals surface area contributed by atoms with Crippen LogP contribution < -0.4 is 20.4 Å². The number of aryl methyl sites for hydroxylation is 1. The Hall–Kier alpha value is -4.42. The number of nitrogens with one attached hydrogen (secondary N) is 2. The third-order valence-electron chi connectivity index (χ3n) is 9.73. The summed E-state index contributed by atoms with van der Waals surface area (Å²) in [6.45, 7) is 12.6. The van der Waals surface area contributed by atoms with E-state index in [1.165, 1.54) is 28.1 Å². The van der Waals surface area contributed by atoms with Crippen LogP contribution in [-0.4, -0.2) is 72.5 Å². The van der Waals surface area contributed by atoms with Crippen molar-refractivity contribution in [3.63, 3.8) is 0 Å². The van der Waals surface area contributed by atoms with Crippen LogP contribution in [0.5, 0.6) is 0 Å². The number of carbonyl (C=O) groups is 2. The van der Waals surface area contributed by atoms with Gasteiger partial charge in [0.25, 0.3) is 5.91 Å². The van der Waals surface area contributed by atoms with Crippen molar-refractivity contribution < 1.29 is 9.59 Å². The predicted molar refractivity (Wildman–Crippen MR) is 174 cm³/mol. The number of fused-ring (bicyclic) bond motifs is 2. The largest absolute Gasteiger partial charge is 0.367 e. The van der Waals surface area contributed by atoms with Gasteiger partial charge in [-0.15, -0.1) is 0 Å². The second kappa shape index (κ2) is 12.3. The van der Waals surface area contributed by atoms with Gasteiger partial charge < -0.3 is 25.3 Å². The van der Waals surface area contributed by atoms with Gasteiger partial charge in [-0.1, -0.05) is 43.8 Å². The molecule has 2 fully saturated rings. The molecule has 2 N–H and O–H groups in total. The topological polar surface area (TPSA) is 105 Å². The van der Waals surface area contributed by atoms with Crippen LogP contribution in [-0.2, 0) is 17.8 Å². The minimum atomic E-state index is -0.282. The zero-order valence-electron chi connectivity index (χ0n) is 25.7. The lowest BCUT2D eigenvalue weighted by Gasteiger charge is -2.43. The summed E-state index contributed by atoms with van der Waals surface area (Å²) in [7, 11) is 0. The Morgan fingerprint density at radius 3 is 2.73 bits per heavy atom. The molecule has 2 aromatic carbocycles. The Kier molecular flexibility index (Phi) is 8.28. The molecule has 2 amide bonds. The predicted octanol–water partition coefficient (Wildman–Crippen LogP) is 4.09. The zero-order chi connectivity index (χ0) is 30.8. The number of rotatable bonds is 7. The SMILES string of the molecule is C=CC(=O)N1CCN(c2cc(C(=O)NC3(CC)CCNC3)nc3c2CCN(c2cccc4cccc(C)c24)C3)C[C@@H]1CC#N. The number of pyridine rings is 1. The van der Waals surface area contributed by atoms with Crippen LogP contribution in [0.2, 0.25) is 0 Å². The van der Waals surface area contributed by atoms with E-state index in [2.05, 4.69) is 83.3 Å². The van der Waals surface area contributed by atoms with Gasteiger partial charge in [-0.3, -0.25) is 9.59 Å². The van der Waals surface area contributed by atoms with Crippen molar-refractivity contribution in [2.75, 3.05) is 49.1 Å². The van der Waals surface area contributed by atoms with E-state index in [-0.39, 0.29) is 29.8 Å². The Balaban J connectivity index is 1.39. The van der Waals surface area contributed by atoms with Crippen molar-refractivity contribution in [1.29, 1.82) is 5.26 Å². The average molecular weight is 592 g/mol. The van der Waals surface area contributed by atoms with Crippen molar-refractivity contribution in [2.24, 2.45) is 0 Å². The first-order chi connectivity index (χ1) is 21.4. The van der Waals surface area contributed by atoms with Crippen molar-refractivity contribution in [3.8, 4) is 6.07 Å². The van der Waals surface area contributed by atoms with Crippen LogP contribution in [0.4, 0.5) is 11.4 Å². The maximum atomic E-state index is 13.9. The van der Waals surface area contributed by atoms with Crippen LogP contribution in [0.15, 0.2) is 55.1 Å². The smallest absolute Gasteiger partial charge is 0.270 e. The number of benzene rings is 2. The second-order valence-corrected chi connectivity index (χ2v) is 12.3. The lowest BCUT2D eigenvalue weighted by molar-refractivity contribution is -0.128. The monoisotopic (exact) mass is 591 g/mol. The van der Waals surface area contributed by atoms with E-state index in [1.807, 2.05) is 6.07 Å². The molecule has 3 aromatic rings. The van der Waals surface area contributed by atoms with Crippen molar-refractivity contribution in [3.05, 3.63) is 77.6 Å². The summed E-state index contributed by atoms with van der Waals surface area (Å²) in [5, 5.41) is 18.7. The fourth-order valence-corrected chi connectivity index (χ4v) is 7.20. The molecule has 228 valence electrons. The van der Waals surface area contributed by atoms with Crippen LogP contribution in [0, 0.1) is 18.3 Å². The first-order valence-corrected chi connectivity index (χ1v) is 15.7. The summed E-state index contributed by atoms with van der Waals surface area (Å²) in [5.74, 6) is -0.315. The summed E-state index contributed by atoms with van der Waals surface area (Å²) in [4.78, 5) is 37.9. The van der Waals surface area contributed by atoms with Gasteiger partial charge >= 0.3 is 0 Å². The maximum absolute atomic E-state index is 13.9. The summed E-state index contributed by atoms with van der Waals surface area (Å²) in [6.07, 6.45) is 4.06. The summed E-state index contributed by atoms with van der Waals surface area (Å²) in [6, 6.07) is 16.8. The summed E-state index contributed by atoms with van der Waals surface area (Å²) < 4.78 is 0. The Bertz CT molecular complexity index is 1630. The van der Waals surface area contributed by atoms with E-state index in [4.69, 9.17) is 4.98 Å². The summed E-state index contributed by atoms with van der Waals surface area (Å²) in [5.41, 5.74) is 5.57. The lowest BCUT2D eigenvalue weighted by atomic mass is 9.94. The van der Waals surface area contributed by atoms with E-state index in [1.54, 1.807) is 4.90 Å².